The number of hydrogen-bond donors (Lipinski definition) is 1. The van der Waals surface area contributed by atoms with Gasteiger partial charge >= 0.3 is 0 Å². The van der Waals surface area contributed by atoms with Gasteiger partial charge in [-0.1, -0.05) is 12.1 Å². The summed E-state index contributed by atoms with van der Waals surface area (Å²) in [6, 6.07) is 9.45. The summed E-state index contributed by atoms with van der Waals surface area (Å²) in [6.07, 6.45) is 1.22. The van der Waals surface area contributed by atoms with Gasteiger partial charge in [0.25, 0.3) is 0 Å². The Bertz CT molecular complexity index is 377. The number of nitrogens with zero attached hydrogens (tertiary/aromatic N) is 1. The van der Waals surface area contributed by atoms with Crippen molar-refractivity contribution in [3.63, 3.8) is 0 Å². The number of rotatable bonds is 4. The summed E-state index contributed by atoms with van der Waals surface area (Å²) in [5.41, 5.74) is 7.14. The summed E-state index contributed by atoms with van der Waals surface area (Å²) in [5, 5.41) is 0. The van der Waals surface area contributed by atoms with Crippen LogP contribution in [0.3, 0.4) is 0 Å². The number of likely N-dealkylation sites (tertiary alicyclic amines) is 1. The third kappa shape index (κ3) is 2.68. The minimum absolute atomic E-state index is 0.447. The van der Waals surface area contributed by atoms with Crippen LogP contribution in [0.2, 0.25) is 0 Å². The van der Waals surface area contributed by atoms with E-state index >= 15 is 0 Å². The first-order valence-electron chi connectivity index (χ1n) is 6.75. The molecule has 1 aromatic carbocycles. The molecule has 1 aromatic rings. The summed E-state index contributed by atoms with van der Waals surface area (Å²) in [5.74, 6) is 1.57. The summed E-state index contributed by atoms with van der Waals surface area (Å²) in [4.78, 5) is 2.55. The maximum Gasteiger partial charge on any atom is 0.118 e. The lowest BCUT2D eigenvalue weighted by atomic mass is 10.1. The second-order valence-electron chi connectivity index (χ2n) is 5.33. The van der Waals surface area contributed by atoms with E-state index in [1.807, 2.05) is 12.1 Å². The average Bonchev–Trinajstić information content (AvgIpc) is 2.79. The number of methoxy groups -OCH3 is 1. The topological polar surface area (TPSA) is 38.5 Å². The molecule has 1 aliphatic rings. The first-order chi connectivity index (χ1) is 8.65. The van der Waals surface area contributed by atoms with Crippen molar-refractivity contribution in [3.8, 4) is 5.75 Å². The monoisotopic (exact) mass is 248 g/mol. The molecule has 1 heterocycles. The molecular weight excluding hydrogens is 224 g/mol. The van der Waals surface area contributed by atoms with E-state index in [0.29, 0.717) is 18.0 Å². The fourth-order valence-corrected chi connectivity index (χ4v) is 2.95. The van der Waals surface area contributed by atoms with E-state index in [1.165, 1.54) is 12.0 Å². The van der Waals surface area contributed by atoms with Gasteiger partial charge in [-0.05, 0) is 50.4 Å². The smallest absolute Gasteiger partial charge is 0.118 e. The summed E-state index contributed by atoms with van der Waals surface area (Å²) in [7, 11) is 1.70. The summed E-state index contributed by atoms with van der Waals surface area (Å²) < 4.78 is 5.20. The van der Waals surface area contributed by atoms with Crippen LogP contribution in [0.5, 0.6) is 5.75 Å². The third-order valence-electron chi connectivity index (χ3n) is 4.14. The van der Waals surface area contributed by atoms with E-state index in [4.69, 9.17) is 10.5 Å². The number of hydrogen-bond acceptors (Lipinski definition) is 3. The third-order valence-corrected chi connectivity index (χ3v) is 4.14. The molecule has 0 radical (unpaired) electrons. The molecule has 0 spiro atoms. The van der Waals surface area contributed by atoms with Gasteiger partial charge in [-0.2, -0.15) is 0 Å². The van der Waals surface area contributed by atoms with Gasteiger partial charge in [0.05, 0.1) is 7.11 Å². The predicted molar refractivity (Wildman–Crippen MR) is 74.7 cm³/mol. The maximum atomic E-state index is 5.79. The Hall–Kier alpha value is -1.06. The second kappa shape index (κ2) is 5.72. The van der Waals surface area contributed by atoms with E-state index < -0.39 is 0 Å². The highest BCUT2D eigenvalue weighted by Crippen LogP contribution is 2.32. The van der Waals surface area contributed by atoms with E-state index in [2.05, 4.69) is 30.9 Å². The first-order valence-corrected chi connectivity index (χ1v) is 6.75. The van der Waals surface area contributed by atoms with E-state index in [1.54, 1.807) is 7.11 Å². The normalized spacial score (nSPS) is 26.2. The summed E-state index contributed by atoms with van der Waals surface area (Å²) >= 11 is 0. The van der Waals surface area contributed by atoms with E-state index in [9.17, 15) is 0 Å². The molecular formula is C15H24N2O. The molecule has 2 rings (SSSR count). The molecule has 0 amide bonds. The van der Waals surface area contributed by atoms with Crippen LogP contribution in [-0.2, 0) is 0 Å². The highest BCUT2D eigenvalue weighted by molar-refractivity contribution is 5.29. The van der Waals surface area contributed by atoms with Crippen molar-refractivity contribution in [1.82, 2.24) is 4.90 Å². The van der Waals surface area contributed by atoms with Gasteiger partial charge < -0.3 is 10.5 Å². The highest BCUT2D eigenvalue weighted by atomic mass is 16.5. The molecule has 1 aliphatic heterocycles. The van der Waals surface area contributed by atoms with Gasteiger partial charge in [-0.15, -0.1) is 0 Å². The van der Waals surface area contributed by atoms with Crippen molar-refractivity contribution >= 4 is 0 Å². The molecule has 0 saturated carbocycles. The van der Waals surface area contributed by atoms with E-state index in [-0.39, 0.29) is 0 Å². The molecule has 3 heteroatoms. The Morgan fingerprint density at radius 1 is 1.39 bits per heavy atom. The molecule has 100 valence electrons. The molecule has 0 aliphatic carbocycles. The van der Waals surface area contributed by atoms with Gasteiger partial charge in [0.2, 0.25) is 0 Å². The van der Waals surface area contributed by atoms with Crippen LogP contribution in [0.4, 0.5) is 0 Å². The number of benzene rings is 1. The van der Waals surface area contributed by atoms with E-state index in [0.717, 1.165) is 18.8 Å². The quantitative estimate of drug-likeness (QED) is 0.889. The predicted octanol–water partition coefficient (Wildman–Crippen LogP) is 2.43. The molecule has 0 aromatic heterocycles. The zero-order valence-electron chi connectivity index (χ0n) is 11.6. The van der Waals surface area contributed by atoms with Crippen molar-refractivity contribution < 1.29 is 4.74 Å². The van der Waals surface area contributed by atoms with Crippen LogP contribution in [0.1, 0.15) is 31.9 Å². The fraction of sp³-hybridized carbons (Fsp3) is 0.600. The van der Waals surface area contributed by atoms with Crippen molar-refractivity contribution in [1.29, 1.82) is 0 Å². The minimum Gasteiger partial charge on any atom is -0.497 e. The SMILES string of the molecule is COc1ccc(C(C)N2CC(CN)CC2C)cc1. The van der Waals surface area contributed by atoms with Crippen molar-refractivity contribution in [3.05, 3.63) is 29.8 Å². The lowest BCUT2D eigenvalue weighted by Gasteiger charge is -2.29. The van der Waals surface area contributed by atoms with Gasteiger partial charge in [-0.3, -0.25) is 4.90 Å². The van der Waals surface area contributed by atoms with Crippen molar-refractivity contribution in [2.24, 2.45) is 11.7 Å². The van der Waals surface area contributed by atoms with Crippen molar-refractivity contribution in [2.75, 3.05) is 20.2 Å². The first kappa shape index (κ1) is 13.4. The summed E-state index contributed by atoms with van der Waals surface area (Å²) in [6.45, 7) is 6.49. The average molecular weight is 248 g/mol. The van der Waals surface area contributed by atoms with Crippen LogP contribution in [-0.4, -0.2) is 31.1 Å². The highest BCUT2D eigenvalue weighted by Gasteiger charge is 2.31. The minimum atomic E-state index is 0.447. The van der Waals surface area contributed by atoms with Gasteiger partial charge in [0, 0.05) is 18.6 Å². The molecule has 18 heavy (non-hydrogen) atoms. The molecule has 0 bridgehead atoms. The maximum absolute atomic E-state index is 5.79. The Balaban J connectivity index is 2.08. The fourth-order valence-electron chi connectivity index (χ4n) is 2.95. The lowest BCUT2D eigenvalue weighted by molar-refractivity contribution is 0.200. The Morgan fingerprint density at radius 3 is 2.56 bits per heavy atom. The molecule has 3 atom stereocenters. The standard InChI is InChI=1S/C15H24N2O/c1-11-8-13(9-16)10-17(11)12(2)14-4-6-15(18-3)7-5-14/h4-7,11-13H,8-10,16H2,1-3H3. The zero-order valence-corrected chi connectivity index (χ0v) is 11.6. The lowest BCUT2D eigenvalue weighted by Crippen LogP contribution is -2.30. The number of nitrogens with two attached hydrogens (primary N) is 1. The zero-order chi connectivity index (χ0) is 13.1. The Kier molecular flexibility index (Phi) is 4.25. The van der Waals surface area contributed by atoms with Crippen LogP contribution < -0.4 is 10.5 Å². The Morgan fingerprint density at radius 2 is 2.06 bits per heavy atom. The molecule has 3 unspecified atom stereocenters. The number of ether oxygens (including phenoxy) is 1. The Labute approximate surface area is 110 Å². The van der Waals surface area contributed by atoms with Crippen LogP contribution in [0.25, 0.3) is 0 Å². The van der Waals surface area contributed by atoms with Crippen LogP contribution in [0.15, 0.2) is 24.3 Å². The van der Waals surface area contributed by atoms with Crippen LogP contribution in [0, 0.1) is 5.92 Å². The largest absolute Gasteiger partial charge is 0.497 e. The van der Waals surface area contributed by atoms with Gasteiger partial charge in [-0.25, -0.2) is 0 Å². The molecule has 3 nitrogen and oxygen atoms in total. The molecule has 1 saturated heterocycles. The molecule has 2 N–H and O–H groups in total. The van der Waals surface area contributed by atoms with Crippen LogP contribution >= 0.6 is 0 Å². The van der Waals surface area contributed by atoms with Crippen molar-refractivity contribution in [2.45, 2.75) is 32.4 Å². The van der Waals surface area contributed by atoms with Gasteiger partial charge in [0.15, 0.2) is 0 Å². The molecule has 1 fully saturated rings. The second-order valence-corrected chi connectivity index (χ2v) is 5.33. The van der Waals surface area contributed by atoms with Gasteiger partial charge in [0.1, 0.15) is 5.75 Å².